The molecule has 0 aliphatic heterocycles. The third kappa shape index (κ3) is 2.81. The summed E-state index contributed by atoms with van der Waals surface area (Å²) in [6.45, 7) is 3.94. The Bertz CT molecular complexity index is 307. The predicted octanol–water partition coefficient (Wildman–Crippen LogP) is 1.87. The topological polar surface area (TPSA) is 39.2 Å². The summed E-state index contributed by atoms with van der Waals surface area (Å²) >= 11 is 1.65. The number of hydrogen-bond donors (Lipinski definition) is 0. The highest BCUT2D eigenvalue weighted by atomic mass is 32.1. The molecule has 0 fully saturated rings. The van der Waals surface area contributed by atoms with Crippen molar-refractivity contribution in [3.8, 4) is 0 Å². The Morgan fingerprint density at radius 1 is 1.54 bits per heavy atom. The van der Waals surface area contributed by atoms with Crippen LogP contribution in [0.5, 0.6) is 0 Å². The smallest absolute Gasteiger partial charge is 0.305 e. The molecule has 0 spiro atoms. The minimum Gasteiger partial charge on any atom is -0.469 e. The molecule has 1 heterocycles. The highest BCUT2D eigenvalue weighted by molar-refractivity contribution is 7.11. The minimum atomic E-state index is -0.162. The summed E-state index contributed by atoms with van der Waals surface area (Å²) in [7, 11) is 1.41. The molecule has 4 heteroatoms. The molecule has 0 N–H and O–H groups in total. The van der Waals surface area contributed by atoms with Crippen molar-refractivity contribution in [2.75, 3.05) is 7.11 Å². The van der Waals surface area contributed by atoms with Crippen molar-refractivity contribution >= 4 is 17.3 Å². The largest absolute Gasteiger partial charge is 0.469 e. The molecule has 0 unspecified atom stereocenters. The van der Waals surface area contributed by atoms with Crippen LogP contribution in [0.25, 0.3) is 0 Å². The first kappa shape index (κ1) is 10.2. The van der Waals surface area contributed by atoms with Crippen molar-refractivity contribution in [1.29, 1.82) is 0 Å². The van der Waals surface area contributed by atoms with Gasteiger partial charge in [0.2, 0.25) is 0 Å². The maximum atomic E-state index is 10.9. The maximum Gasteiger partial charge on any atom is 0.305 e. The Hall–Kier alpha value is -0.900. The molecule has 0 radical (unpaired) electrons. The van der Waals surface area contributed by atoms with Gasteiger partial charge in [0.1, 0.15) is 0 Å². The van der Waals surface area contributed by atoms with Crippen LogP contribution < -0.4 is 0 Å². The Labute approximate surface area is 81.8 Å². The summed E-state index contributed by atoms with van der Waals surface area (Å²) < 4.78 is 4.56. The SMILES string of the molecule is COC(=O)CCc1sc(C)nc1C. The number of rotatable bonds is 3. The Morgan fingerprint density at radius 3 is 2.69 bits per heavy atom. The molecule has 0 saturated carbocycles. The Morgan fingerprint density at radius 2 is 2.23 bits per heavy atom. The number of hydrogen-bond acceptors (Lipinski definition) is 4. The molecular formula is C9H13NO2S. The van der Waals surface area contributed by atoms with E-state index in [9.17, 15) is 4.79 Å². The third-order valence-corrected chi connectivity index (χ3v) is 2.92. The first-order valence-electron chi connectivity index (χ1n) is 4.13. The van der Waals surface area contributed by atoms with E-state index in [-0.39, 0.29) is 5.97 Å². The van der Waals surface area contributed by atoms with E-state index in [1.165, 1.54) is 12.0 Å². The molecule has 0 aliphatic carbocycles. The van der Waals surface area contributed by atoms with Crippen LogP contribution in [-0.2, 0) is 16.0 Å². The molecular weight excluding hydrogens is 186 g/mol. The number of carbonyl (C=O) groups is 1. The van der Waals surface area contributed by atoms with Gasteiger partial charge >= 0.3 is 5.97 Å². The van der Waals surface area contributed by atoms with Crippen molar-refractivity contribution in [1.82, 2.24) is 4.98 Å². The Balaban J connectivity index is 2.54. The van der Waals surface area contributed by atoms with E-state index < -0.39 is 0 Å². The van der Waals surface area contributed by atoms with Crippen LogP contribution >= 0.6 is 11.3 Å². The number of methoxy groups -OCH3 is 1. The van der Waals surface area contributed by atoms with Crippen LogP contribution in [0.1, 0.15) is 22.0 Å². The van der Waals surface area contributed by atoms with Crippen molar-refractivity contribution in [2.45, 2.75) is 26.7 Å². The number of aryl methyl sites for hydroxylation is 3. The molecule has 0 aliphatic rings. The van der Waals surface area contributed by atoms with Gasteiger partial charge < -0.3 is 4.74 Å². The molecule has 0 amide bonds. The number of aromatic nitrogens is 1. The van der Waals surface area contributed by atoms with Gasteiger partial charge in [0.15, 0.2) is 0 Å². The fraction of sp³-hybridized carbons (Fsp3) is 0.556. The van der Waals surface area contributed by atoms with Crippen molar-refractivity contribution in [3.05, 3.63) is 15.6 Å². The molecule has 1 rings (SSSR count). The standard InChI is InChI=1S/C9H13NO2S/c1-6-8(13-7(2)10-6)4-5-9(11)12-3/h4-5H2,1-3H3. The lowest BCUT2D eigenvalue weighted by Gasteiger charge is -1.97. The zero-order valence-electron chi connectivity index (χ0n) is 8.09. The van der Waals surface area contributed by atoms with Crippen molar-refractivity contribution in [3.63, 3.8) is 0 Å². The van der Waals surface area contributed by atoms with E-state index in [4.69, 9.17) is 0 Å². The number of thiazole rings is 1. The molecule has 72 valence electrons. The Kier molecular flexibility index (Phi) is 3.42. The summed E-state index contributed by atoms with van der Waals surface area (Å²) in [5, 5.41) is 1.05. The lowest BCUT2D eigenvalue weighted by molar-refractivity contribution is -0.140. The van der Waals surface area contributed by atoms with Crippen LogP contribution in [0.3, 0.4) is 0 Å². The summed E-state index contributed by atoms with van der Waals surface area (Å²) in [6.07, 6.45) is 1.18. The van der Waals surface area contributed by atoms with Crippen LogP contribution in [0, 0.1) is 13.8 Å². The van der Waals surface area contributed by atoms with Gasteiger partial charge in [0, 0.05) is 4.88 Å². The van der Waals surface area contributed by atoms with Gasteiger partial charge in [-0.05, 0) is 20.3 Å². The first-order valence-corrected chi connectivity index (χ1v) is 4.95. The van der Waals surface area contributed by atoms with Crippen LogP contribution in [-0.4, -0.2) is 18.1 Å². The van der Waals surface area contributed by atoms with E-state index in [0.717, 1.165) is 17.1 Å². The minimum absolute atomic E-state index is 0.162. The molecule has 1 aromatic rings. The number of esters is 1. The van der Waals surface area contributed by atoms with E-state index in [0.29, 0.717) is 6.42 Å². The van der Waals surface area contributed by atoms with Gasteiger partial charge in [-0.2, -0.15) is 0 Å². The number of ether oxygens (including phenoxy) is 1. The van der Waals surface area contributed by atoms with Gasteiger partial charge in [-0.15, -0.1) is 11.3 Å². The molecule has 3 nitrogen and oxygen atoms in total. The summed E-state index contributed by atoms with van der Waals surface area (Å²) in [5.74, 6) is -0.162. The molecule has 0 aromatic carbocycles. The third-order valence-electron chi connectivity index (χ3n) is 1.78. The van der Waals surface area contributed by atoms with Crippen molar-refractivity contribution in [2.24, 2.45) is 0 Å². The van der Waals surface area contributed by atoms with E-state index >= 15 is 0 Å². The highest BCUT2D eigenvalue weighted by Gasteiger charge is 2.07. The molecule has 13 heavy (non-hydrogen) atoms. The second-order valence-corrected chi connectivity index (χ2v) is 4.11. The first-order chi connectivity index (χ1) is 6.13. The number of carbonyl (C=O) groups excluding carboxylic acids is 1. The lowest BCUT2D eigenvalue weighted by Crippen LogP contribution is -2.01. The molecule has 0 bridgehead atoms. The predicted molar refractivity (Wildman–Crippen MR) is 51.9 cm³/mol. The van der Waals surface area contributed by atoms with E-state index in [1.807, 2.05) is 13.8 Å². The quantitative estimate of drug-likeness (QED) is 0.697. The zero-order valence-corrected chi connectivity index (χ0v) is 8.90. The van der Waals surface area contributed by atoms with E-state index in [2.05, 4.69) is 9.72 Å². The molecule has 0 saturated heterocycles. The molecule has 1 aromatic heterocycles. The lowest BCUT2D eigenvalue weighted by atomic mass is 10.2. The highest BCUT2D eigenvalue weighted by Crippen LogP contribution is 2.18. The zero-order chi connectivity index (χ0) is 9.84. The average Bonchev–Trinajstić information content (AvgIpc) is 2.41. The van der Waals surface area contributed by atoms with Crippen molar-refractivity contribution < 1.29 is 9.53 Å². The monoisotopic (exact) mass is 199 g/mol. The maximum absolute atomic E-state index is 10.9. The van der Waals surface area contributed by atoms with Gasteiger partial charge in [0.25, 0.3) is 0 Å². The van der Waals surface area contributed by atoms with Gasteiger partial charge in [-0.3, -0.25) is 4.79 Å². The van der Waals surface area contributed by atoms with E-state index in [1.54, 1.807) is 11.3 Å². The fourth-order valence-corrected chi connectivity index (χ4v) is 2.06. The normalized spacial score (nSPS) is 10.1. The average molecular weight is 199 g/mol. The fourth-order valence-electron chi connectivity index (χ4n) is 1.12. The summed E-state index contributed by atoms with van der Waals surface area (Å²) in [6, 6.07) is 0. The summed E-state index contributed by atoms with van der Waals surface area (Å²) in [4.78, 5) is 16.3. The van der Waals surface area contributed by atoms with Gasteiger partial charge in [-0.25, -0.2) is 4.98 Å². The van der Waals surface area contributed by atoms with Crippen LogP contribution in [0.4, 0.5) is 0 Å². The van der Waals surface area contributed by atoms with Crippen LogP contribution in [0.15, 0.2) is 0 Å². The second-order valence-electron chi connectivity index (χ2n) is 2.82. The van der Waals surface area contributed by atoms with Gasteiger partial charge in [0.05, 0.1) is 24.2 Å². The summed E-state index contributed by atoms with van der Waals surface area (Å²) in [5.41, 5.74) is 1.03. The van der Waals surface area contributed by atoms with Crippen LogP contribution in [0.2, 0.25) is 0 Å². The number of nitrogens with zero attached hydrogens (tertiary/aromatic N) is 1. The van der Waals surface area contributed by atoms with Gasteiger partial charge in [-0.1, -0.05) is 0 Å². The molecule has 0 atom stereocenters. The second kappa shape index (κ2) is 4.37.